The number of Topliss-reactive ketones (excluding diaryl/α,β-unsaturated/α-hetero) is 1. The van der Waals surface area contributed by atoms with Gasteiger partial charge in [0.25, 0.3) is 5.91 Å². The van der Waals surface area contributed by atoms with Crippen LogP contribution in [0.25, 0.3) is 10.8 Å². The van der Waals surface area contributed by atoms with Gasteiger partial charge in [-0.05, 0) is 35.0 Å². The van der Waals surface area contributed by atoms with Crippen LogP contribution >= 0.6 is 0 Å². The molecule has 1 saturated heterocycles. The second-order valence-corrected chi connectivity index (χ2v) is 7.74. The van der Waals surface area contributed by atoms with Crippen LogP contribution < -0.4 is 9.47 Å². The molecule has 1 atom stereocenters. The van der Waals surface area contributed by atoms with E-state index in [0.717, 1.165) is 10.8 Å². The number of rotatable bonds is 3. The molecule has 3 aromatic rings. The van der Waals surface area contributed by atoms with Crippen molar-refractivity contribution in [1.29, 1.82) is 0 Å². The van der Waals surface area contributed by atoms with Gasteiger partial charge in [-0.25, -0.2) is 0 Å². The predicted octanol–water partition coefficient (Wildman–Crippen LogP) is 3.86. The third kappa shape index (κ3) is 3.33. The average molecular weight is 387 g/mol. The number of likely N-dealkylation sites (tertiary alicyclic amines) is 1. The zero-order valence-electron chi connectivity index (χ0n) is 16.0. The van der Waals surface area contributed by atoms with E-state index in [-0.39, 0.29) is 18.3 Å². The third-order valence-electron chi connectivity index (χ3n) is 5.75. The van der Waals surface area contributed by atoms with Crippen molar-refractivity contribution in [2.45, 2.75) is 18.4 Å². The van der Waals surface area contributed by atoms with Crippen LogP contribution in [0.4, 0.5) is 0 Å². The molecule has 0 saturated carbocycles. The number of nitrogens with zero attached hydrogens (tertiary/aromatic N) is 1. The molecule has 0 aromatic heterocycles. The Hall–Kier alpha value is -3.34. The second kappa shape index (κ2) is 6.92. The molecule has 0 N–H and O–H groups in total. The van der Waals surface area contributed by atoms with Crippen LogP contribution in [0.5, 0.6) is 11.5 Å². The Bertz CT molecular complexity index is 1110. The lowest BCUT2D eigenvalue weighted by molar-refractivity contribution is -0.133. The van der Waals surface area contributed by atoms with E-state index in [1.165, 1.54) is 0 Å². The predicted molar refractivity (Wildman–Crippen MR) is 109 cm³/mol. The van der Waals surface area contributed by atoms with Gasteiger partial charge in [-0.2, -0.15) is 0 Å². The minimum absolute atomic E-state index is 0.0288. The van der Waals surface area contributed by atoms with Crippen LogP contribution in [-0.2, 0) is 4.79 Å². The lowest BCUT2D eigenvalue weighted by Gasteiger charge is -2.34. The fourth-order valence-corrected chi connectivity index (χ4v) is 4.22. The SMILES string of the molecule is O=C1CC2(CCN(C(=O)COc3ccc4ccccc4c3)C2)Oc2ccccc21. The summed E-state index contributed by atoms with van der Waals surface area (Å²) in [5.74, 6) is 1.27. The molecule has 1 spiro atoms. The first kappa shape index (κ1) is 17.7. The van der Waals surface area contributed by atoms with Crippen molar-refractivity contribution in [2.75, 3.05) is 19.7 Å². The molecule has 29 heavy (non-hydrogen) atoms. The topological polar surface area (TPSA) is 55.8 Å². The molecule has 5 rings (SSSR count). The highest BCUT2D eigenvalue weighted by atomic mass is 16.5. The van der Waals surface area contributed by atoms with Gasteiger partial charge < -0.3 is 14.4 Å². The summed E-state index contributed by atoms with van der Waals surface area (Å²) in [6.07, 6.45) is 0.952. The number of fused-ring (bicyclic) bond motifs is 2. The first-order valence-electron chi connectivity index (χ1n) is 9.83. The number of hydrogen-bond acceptors (Lipinski definition) is 4. The van der Waals surface area contributed by atoms with Crippen LogP contribution in [0.3, 0.4) is 0 Å². The summed E-state index contributed by atoms with van der Waals surface area (Å²) in [6, 6.07) is 21.1. The highest BCUT2D eigenvalue weighted by Crippen LogP contribution is 2.38. The molecule has 0 aliphatic carbocycles. The van der Waals surface area contributed by atoms with Crippen molar-refractivity contribution in [2.24, 2.45) is 0 Å². The molecule has 2 heterocycles. The van der Waals surface area contributed by atoms with Gasteiger partial charge in [-0.1, -0.05) is 42.5 Å². The Kier molecular flexibility index (Phi) is 4.23. The monoisotopic (exact) mass is 387 g/mol. The molecule has 1 unspecified atom stereocenters. The Morgan fingerprint density at radius 1 is 1.03 bits per heavy atom. The van der Waals surface area contributed by atoms with Gasteiger partial charge in [-0.3, -0.25) is 9.59 Å². The summed E-state index contributed by atoms with van der Waals surface area (Å²) >= 11 is 0. The number of para-hydroxylation sites is 1. The van der Waals surface area contributed by atoms with E-state index in [1.54, 1.807) is 11.0 Å². The van der Waals surface area contributed by atoms with E-state index in [4.69, 9.17) is 9.47 Å². The van der Waals surface area contributed by atoms with E-state index in [0.29, 0.717) is 43.0 Å². The largest absolute Gasteiger partial charge is 0.484 e. The first-order chi connectivity index (χ1) is 14.1. The van der Waals surface area contributed by atoms with E-state index in [1.807, 2.05) is 60.7 Å². The normalized spacial score (nSPS) is 20.6. The molecular weight excluding hydrogens is 366 g/mol. The quantitative estimate of drug-likeness (QED) is 0.685. The van der Waals surface area contributed by atoms with E-state index < -0.39 is 5.60 Å². The number of carbonyl (C=O) groups is 2. The molecule has 2 aliphatic heterocycles. The number of benzene rings is 3. The Balaban J connectivity index is 1.24. The Morgan fingerprint density at radius 2 is 1.83 bits per heavy atom. The lowest BCUT2D eigenvalue weighted by Crippen LogP contribution is -2.45. The molecule has 3 aromatic carbocycles. The van der Waals surface area contributed by atoms with Crippen LogP contribution in [0.2, 0.25) is 0 Å². The van der Waals surface area contributed by atoms with E-state index in [2.05, 4.69) is 0 Å². The zero-order valence-corrected chi connectivity index (χ0v) is 16.0. The first-order valence-corrected chi connectivity index (χ1v) is 9.83. The number of carbonyl (C=O) groups excluding carboxylic acids is 2. The molecule has 146 valence electrons. The van der Waals surface area contributed by atoms with Gasteiger partial charge in [-0.15, -0.1) is 0 Å². The summed E-state index contributed by atoms with van der Waals surface area (Å²) in [4.78, 5) is 27.0. The fourth-order valence-electron chi connectivity index (χ4n) is 4.22. The number of amides is 1. The van der Waals surface area contributed by atoms with Gasteiger partial charge in [0.2, 0.25) is 0 Å². The van der Waals surface area contributed by atoms with Crippen LogP contribution in [0.1, 0.15) is 23.2 Å². The van der Waals surface area contributed by atoms with Crippen molar-refractivity contribution in [3.63, 3.8) is 0 Å². The standard InChI is InChI=1S/C24H21NO4/c26-21-14-24(29-22-8-4-3-7-20(21)22)11-12-25(16-24)23(27)15-28-19-10-9-17-5-1-2-6-18(17)13-19/h1-10,13H,11-12,14-16H2. The van der Waals surface area contributed by atoms with Gasteiger partial charge in [0, 0.05) is 13.0 Å². The van der Waals surface area contributed by atoms with Crippen molar-refractivity contribution >= 4 is 22.5 Å². The van der Waals surface area contributed by atoms with Crippen molar-refractivity contribution in [1.82, 2.24) is 4.90 Å². The van der Waals surface area contributed by atoms with Gasteiger partial charge >= 0.3 is 0 Å². The van der Waals surface area contributed by atoms with Gasteiger partial charge in [0.05, 0.1) is 18.5 Å². The van der Waals surface area contributed by atoms with Crippen molar-refractivity contribution < 1.29 is 19.1 Å². The molecular formula is C24H21NO4. The summed E-state index contributed by atoms with van der Waals surface area (Å²) in [6.45, 7) is 0.946. The number of hydrogen-bond donors (Lipinski definition) is 0. The maximum Gasteiger partial charge on any atom is 0.260 e. The van der Waals surface area contributed by atoms with E-state index in [9.17, 15) is 9.59 Å². The maximum absolute atomic E-state index is 12.7. The molecule has 2 aliphatic rings. The van der Waals surface area contributed by atoms with Crippen LogP contribution in [0.15, 0.2) is 66.7 Å². The zero-order chi connectivity index (χ0) is 19.8. The van der Waals surface area contributed by atoms with E-state index >= 15 is 0 Å². The molecule has 0 bridgehead atoms. The number of ketones is 1. The average Bonchev–Trinajstić information content (AvgIpc) is 3.15. The molecule has 1 fully saturated rings. The fraction of sp³-hybridized carbons (Fsp3) is 0.250. The molecule has 0 radical (unpaired) electrons. The highest BCUT2D eigenvalue weighted by Gasteiger charge is 2.46. The summed E-state index contributed by atoms with van der Waals surface area (Å²) in [5, 5.41) is 2.21. The number of ether oxygens (including phenoxy) is 2. The molecule has 5 heteroatoms. The van der Waals surface area contributed by atoms with Crippen molar-refractivity contribution in [3.05, 3.63) is 72.3 Å². The minimum atomic E-state index is -0.621. The van der Waals surface area contributed by atoms with Crippen LogP contribution in [-0.4, -0.2) is 41.9 Å². The highest BCUT2D eigenvalue weighted by molar-refractivity contribution is 6.00. The van der Waals surface area contributed by atoms with Crippen molar-refractivity contribution in [3.8, 4) is 11.5 Å². The summed E-state index contributed by atoms with van der Waals surface area (Å²) < 4.78 is 11.9. The second-order valence-electron chi connectivity index (χ2n) is 7.74. The smallest absolute Gasteiger partial charge is 0.260 e. The van der Waals surface area contributed by atoms with Gasteiger partial charge in [0.1, 0.15) is 17.1 Å². The van der Waals surface area contributed by atoms with Crippen LogP contribution in [0, 0.1) is 0 Å². The minimum Gasteiger partial charge on any atom is -0.484 e. The third-order valence-corrected chi connectivity index (χ3v) is 5.75. The Morgan fingerprint density at radius 3 is 2.72 bits per heavy atom. The summed E-state index contributed by atoms with van der Waals surface area (Å²) in [7, 11) is 0. The molecule has 1 amide bonds. The summed E-state index contributed by atoms with van der Waals surface area (Å²) in [5.41, 5.74) is 0.00636. The maximum atomic E-state index is 12.7. The molecule has 5 nitrogen and oxygen atoms in total. The van der Waals surface area contributed by atoms with Gasteiger partial charge in [0.15, 0.2) is 12.4 Å². The Labute approximate surface area is 168 Å². The lowest BCUT2D eigenvalue weighted by atomic mass is 9.89.